The van der Waals surface area contributed by atoms with Crippen LogP contribution in [0.1, 0.15) is 29.0 Å². The van der Waals surface area contributed by atoms with E-state index in [1.807, 2.05) is 47.8 Å². The van der Waals surface area contributed by atoms with Gasteiger partial charge in [-0.3, -0.25) is 4.79 Å². The van der Waals surface area contributed by atoms with Crippen LogP contribution in [0.25, 0.3) is 10.4 Å². The molecular formula is C24H25NO2S2. The minimum Gasteiger partial charge on any atom is -0.372 e. The van der Waals surface area contributed by atoms with Crippen molar-refractivity contribution < 1.29 is 9.90 Å². The van der Waals surface area contributed by atoms with E-state index in [0.717, 1.165) is 46.1 Å². The molecule has 1 spiro atoms. The molecule has 2 aliphatic rings. The summed E-state index contributed by atoms with van der Waals surface area (Å²) in [6.45, 7) is 2.30. The van der Waals surface area contributed by atoms with Crippen LogP contribution in [0.4, 0.5) is 0 Å². The molecule has 0 amide bonds. The van der Waals surface area contributed by atoms with Gasteiger partial charge in [-0.2, -0.15) is 0 Å². The number of nitrogens with zero attached hydrogens (tertiary/aromatic N) is 1. The van der Waals surface area contributed by atoms with E-state index in [4.69, 9.17) is 0 Å². The van der Waals surface area contributed by atoms with Crippen molar-refractivity contribution in [2.24, 2.45) is 11.3 Å². The van der Waals surface area contributed by atoms with Gasteiger partial charge in [-0.25, -0.2) is 0 Å². The Hall–Kier alpha value is -1.79. The molecule has 5 heteroatoms. The van der Waals surface area contributed by atoms with Crippen molar-refractivity contribution in [3.05, 3.63) is 69.7 Å². The van der Waals surface area contributed by atoms with Crippen LogP contribution in [-0.2, 0) is 10.4 Å². The maximum atomic E-state index is 13.4. The van der Waals surface area contributed by atoms with Crippen molar-refractivity contribution in [2.45, 2.75) is 24.9 Å². The Morgan fingerprint density at radius 1 is 1.10 bits per heavy atom. The fourth-order valence-electron chi connectivity index (χ4n) is 5.25. The summed E-state index contributed by atoms with van der Waals surface area (Å²) >= 11 is 2.97. The van der Waals surface area contributed by atoms with Crippen LogP contribution in [0.3, 0.4) is 0 Å². The third-order valence-electron chi connectivity index (χ3n) is 6.43. The minimum atomic E-state index is -1.54. The summed E-state index contributed by atoms with van der Waals surface area (Å²) in [4.78, 5) is 18.3. The second-order valence-corrected chi connectivity index (χ2v) is 10.8. The van der Waals surface area contributed by atoms with Crippen LogP contribution in [0.15, 0.2) is 60.0 Å². The molecule has 150 valence electrons. The summed E-state index contributed by atoms with van der Waals surface area (Å²) in [7, 11) is 2.15. The second kappa shape index (κ2) is 7.17. The monoisotopic (exact) mass is 423 g/mol. The molecule has 1 aromatic carbocycles. The molecule has 1 unspecified atom stereocenters. The zero-order valence-corrected chi connectivity index (χ0v) is 18.1. The number of aliphatic hydroxyl groups is 1. The number of hydrogen-bond donors (Lipinski definition) is 1. The molecule has 29 heavy (non-hydrogen) atoms. The Balaban J connectivity index is 1.40. The number of Topliss-reactive ketones (excluding diaryl/α,β-unsaturated/α-hetero) is 1. The fraction of sp³-hybridized carbons (Fsp3) is 0.375. The van der Waals surface area contributed by atoms with Crippen molar-refractivity contribution in [3.8, 4) is 10.4 Å². The molecular weight excluding hydrogens is 398 g/mol. The van der Waals surface area contributed by atoms with E-state index >= 15 is 0 Å². The van der Waals surface area contributed by atoms with Gasteiger partial charge < -0.3 is 10.0 Å². The maximum absolute atomic E-state index is 13.4. The lowest BCUT2D eigenvalue weighted by Crippen LogP contribution is -2.61. The third-order valence-corrected chi connectivity index (χ3v) is 8.65. The van der Waals surface area contributed by atoms with Crippen LogP contribution < -0.4 is 0 Å². The van der Waals surface area contributed by atoms with Crippen LogP contribution in [0.5, 0.6) is 0 Å². The molecule has 1 aliphatic heterocycles. The molecule has 2 aromatic heterocycles. The number of ketones is 1. The van der Waals surface area contributed by atoms with Crippen molar-refractivity contribution in [1.29, 1.82) is 0 Å². The molecule has 1 aliphatic carbocycles. The standard InChI is InChI=1S/C24H25NO2S2/c1-25-15-23(16-25)13-17(14-23)12-20(26)24(27,21-8-5-11-28-21)22-10-9-19(29-22)18-6-3-2-4-7-18/h2-11,17,27H,12-16H2,1H3. The summed E-state index contributed by atoms with van der Waals surface area (Å²) in [5, 5.41) is 13.7. The van der Waals surface area contributed by atoms with Gasteiger partial charge in [0.25, 0.3) is 0 Å². The Kier molecular flexibility index (Phi) is 4.74. The first kappa shape index (κ1) is 19.2. The average molecular weight is 424 g/mol. The highest BCUT2D eigenvalue weighted by Crippen LogP contribution is 2.53. The van der Waals surface area contributed by atoms with Gasteiger partial charge in [0.1, 0.15) is 0 Å². The molecule has 3 nitrogen and oxygen atoms in total. The highest BCUT2D eigenvalue weighted by molar-refractivity contribution is 7.16. The van der Waals surface area contributed by atoms with E-state index in [-0.39, 0.29) is 5.78 Å². The highest BCUT2D eigenvalue weighted by atomic mass is 32.1. The number of rotatable bonds is 6. The van der Waals surface area contributed by atoms with Gasteiger partial charge in [0.15, 0.2) is 11.4 Å². The summed E-state index contributed by atoms with van der Waals surface area (Å²) in [5.74, 6) is 0.338. The molecule has 1 atom stereocenters. The lowest BCUT2D eigenvalue weighted by atomic mass is 9.56. The molecule has 0 radical (unpaired) electrons. The summed E-state index contributed by atoms with van der Waals surface area (Å²) in [6.07, 6.45) is 2.69. The number of likely N-dealkylation sites (tertiary alicyclic amines) is 1. The zero-order chi connectivity index (χ0) is 20.1. The lowest BCUT2D eigenvalue weighted by molar-refractivity contribution is -0.140. The number of benzene rings is 1. The minimum absolute atomic E-state index is 0.0612. The molecule has 1 saturated heterocycles. The van der Waals surface area contributed by atoms with Crippen LogP contribution >= 0.6 is 22.7 Å². The van der Waals surface area contributed by atoms with Gasteiger partial charge in [0.05, 0.1) is 0 Å². The maximum Gasteiger partial charge on any atom is 0.192 e. The van der Waals surface area contributed by atoms with Gasteiger partial charge in [-0.15, -0.1) is 22.7 Å². The molecule has 0 bridgehead atoms. The van der Waals surface area contributed by atoms with Crippen LogP contribution in [0.2, 0.25) is 0 Å². The smallest absolute Gasteiger partial charge is 0.192 e. The predicted octanol–water partition coefficient (Wildman–Crippen LogP) is 5.01. The highest BCUT2D eigenvalue weighted by Gasteiger charge is 2.53. The number of thiophene rings is 2. The first-order valence-corrected chi connectivity index (χ1v) is 11.8. The van der Waals surface area contributed by atoms with Crippen molar-refractivity contribution in [3.63, 3.8) is 0 Å². The Bertz CT molecular complexity index is 997. The molecule has 2 fully saturated rings. The quantitative estimate of drug-likeness (QED) is 0.606. The largest absolute Gasteiger partial charge is 0.372 e. The zero-order valence-electron chi connectivity index (χ0n) is 16.5. The molecule has 3 aromatic rings. The van der Waals surface area contributed by atoms with Gasteiger partial charge in [0.2, 0.25) is 0 Å². The van der Waals surface area contributed by atoms with E-state index in [1.165, 1.54) is 22.7 Å². The van der Waals surface area contributed by atoms with Gasteiger partial charge in [0, 0.05) is 34.1 Å². The van der Waals surface area contributed by atoms with E-state index in [0.29, 0.717) is 17.8 Å². The Morgan fingerprint density at radius 2 is 1.86 bits per heavy atom. The second-order valence-electron chi connectivity index (χ2n) is 8.79. The summed E-state index contributed by atoms with van der Waals surface area (Å²) in [6, 6.07) is 17.9. The molecule has 3 heterocycles. The van der Waals surface area contributed by atoms with Gasteiger partial charge >= 0.3 is 0 Å². The SMILES string of the molecule is CN1CC2(CC(CC(=O)C(O)(c3cccs3)c3ccc(-c4ccccc4)s3)C2)C1. The van der Waals surface area contributed by atoms with Crippen molar-refractivity contribution in [1.82, 2.24) is 4.90 Å². The Morgan fingerprint density at radius 3 is 2.52 bits per heavy atom. The van der Waals surface area contributed by atoms with E-state index in [1.54, 1.807) is 0 Å². The van der Waals surface area contributed by atoms with E-state index in [9.17, 15) is 9.90 Å². The first-order chi connectivity index (χ1) is 14.0. The number of carbonyl (C=O) groups excluding carboxylic acids is 1. The average Bonchev–Trinajstić information content (AvgIpc) is 3.37. The van der Waals surface area contributed by atoms with Crippen molar-refractivity contribution >= 4 is 28.5 Å². The van der Waals surface area contributed by atoms with Crippen LogP contribution in [-0.4, -0.2) is 35.9 Å². The van der Waals surface area contributed by atoms with E-state index in [2.05, 4.69) is 24.1 Å². The third kappa shape index (κ3) is 3.30. The van der Waals surface area contributed by atoms with Crippen molar-refractivity contribution in [2.75, 3.05) is 20.1 Å². The predicted molar refractivity (Wildman–Crippen MR) is 119 cm³/mol. The number of carbonyl (C=O) groups is 1. The van der Waals surface area contributed by atoms with E-state index < -0.39 is 5.60 Å². The topological polar surface area (TPSA) is 40.5 Å². The lowest BCUT2D eigenvalue weighted by Gasteiger charge is -2.58. The molecule has 1 saturated carbocycles. The normalized spacial score (nSPS) is 20.8. The van der Waals surface area contributed by atoms with Gasteiger partial charge in [-0.1, -0.05) is 36.4 Å². The summed E-state index contributed by atoms with van der Waals surface area (Å²) in [5.41, 5.74) is 0.0228. The van der Waals surface area contributed by atoms with Gasteiger partial charge in [-0.05, 0) is 60.4 Å². The Labute approximate surface area is 179 Å². The molecule has 5 rings (SSSR count). The summed E-state index contributed by atoms with van der Waals surface area (Å²) < 4.78 is 0. The molecule has 1 N–H and O–H groups in total. The fourth-order valence-corrected chi connectivity index (χ4v) is 7.30. The number of hydrogen-bond acceptors (Lipinski definition) is 5. The first-order valence-electron chi connectivity index (χ1n) is 10.1. The van der Waals surface area contributed by atoms with Crippen LogP contribution in [0, 0.1) is 11.3 Å².